The van der Waals surface area contributed by atoms with Gasteiger partial charge in [-0.05, 0) is 39.0 Å². The fourth-order valence-corrected chi connectivity index (χ4v) is 4.43. The highest BCUT2D eigenvalue weighted by atomic mass is 32.1. The number of carbonyl (C=O) groups excluding carboxylic acids is 1. The van der Waals surface area contributed by atoms with Gasteiger partial charge in [-0.1, -0.05) is 25.0 Å². The Morgan fingerprint density at radius 2 is 2.18 bits per heavy atom. The van der Waals surface area contributed by atoms with Gasteiger partial charge < -0.3 is 10.2 Å². The average molecular weight is 402 g/mol. The van der Waals surface area contributed by atoms with Crippen LogP contribution in [0.4, 0.5) is 0 Å². The molecule has 2 rings (SSSR count). The van der Waals surface area contributed by atoms with Gasteiger partial charge in [0, 0.05) is 36.8 Å². The Kier molecular flexibility index (Phi) is 8.38. The standard InChI is InChI=1S/C23H31NO3S/c1-4-6-8-16(3)20(25)12-11-18-19-14-17(9-7-10-22(27)28)24-23(19,13-5-2)15-21(18)26/h11-12,16,18-21,25-26H,7-10,14-15H2,1-3H3,(H,27,28). The van der Waals surface area contributed by atoms with Gasteiger partial charge in [-0.25, -0.2) is 0 Å². The summed E-state index contributed by atoms with van der Waals surface area (Å²) in [4.78, 5) is 16.0. The fraction of sp³-hybridized carbons (Fsp3) is 0.652. The van der Waals surface area contributed by atoms with E-state index in [0.29, 0.717) is 19.3 Å². The zero-order chi connectivity index (χ0) is 20.7. The summed E-state index contributed by atoms with van der Waals surface area (Å²) in [5, 5.41) is 21.0. The molecule has 0 aromatic heterocycles. The molecule has 0 amide bonds. The normalized spacial score (nSPS) is 30.6. The van der Waals surface area contributed by atoms with Gasteiger partial charge in [-0.3, -0.25) is 9.79 Å². The van der Waals surface area contributed by atoms with Gasteiger partial charge in [0.15, 0.2) is 5.12 Å². The van der Waals surface area contributed by atoms with E-state index in [-0.39, 0.29) is 22.9 Å². The summed E-state index contributed by atoms with van der Waals surface area (Å²) in [5.41, 5.74) is 0.521. The molecule has 0 aromatic rings. The lowest BCUT2D eigenvalue weighted by molar-refractivity contribution is -0.110. The highest BCUT2D eigenvalue weighted by Gasteiger charge is 2.54. The summed E-state index contributed by atoms with van der Waals surface area (Å²) < 4.78 is 0. The van der Waals surface area contributed by atoms with Crippen molar-refractivity contribution in [1.82, 2.24) is 0 Å². The second-order valence-electron chi connectivity index (χ2n) is 7.87. The number of aliphatic imine (C=N–C) groups is 1. The van der Waals surface area contributed by atoms with Crippen molar-refractivity contribution in [2.45, 2.75) is 77.0 Å². The maximum absolute atomic E-state index is 11.1. The molecule has 152 valence electrons. The van der Waals surface area contributed by atoms with Crippen molar-refractivity contribution in [1.29, 1.82) is 0 Å². The van der Waals surface area contributed by atoms with Crippen LogP contribution in [0, 0.1) is 41.4 Å². The van der Waals surface area contributed by atoms with Crippen molar-refractivity contribution in [3.8, 4) is 23.7 Å². The highest BCUT2D eigenvalue weighted by molar-refractivity contribution is 7.96. The minimum Gasteiger partial charge on any atom is -0.392 e. The van der Waals surface area contributed by atoms with Crippen molar-refractivity contribution < 1.29 is 15.0 Å². The number of thiol groups is 1. The SMILES string of the molecule is CC#CCC(C)C(O)C=CC1C(O)CC2(C#CC)N=C(CCCC(=O)S)CC12. The van der Waals surface area contributed by atoms with Crippen LogP contribution in [0.2, 0.25) is 0 Å². The minimum atomic E-state index is -0.594. The maximum Gasteiger partial charge on any atom is 0.185 e. The van der Waals surface area contributed by atoms with Gasteiger partial charge in [0.05, 0.1) is 12.2 Å². The van der Waals surface area contributed by atoms with Crippen molar-refractivity contribution in [2.24, 2.45) is 22.7 Å². The lowest BCUT2D eigenvalue weighted by Gasteiger charge is -2.22. The molecule has 6 atom stereocenters. The second-order valence-corrected chi connectivity index (χ2v) is 8.37. The zero-order valence-corrected chi connectivity index (χ0v) is 17.9. The molecule has 0 bridgehead atoms. The zero-order valence-electron chi connectivity index (χ0n) is 17.0. The quantitative estimate of drug-likeness (QED) is 0.332. The number of rotatable bonds is 8. The number of hydrogen-bond donors (Lipinski definition) is 3. The van der Waals surface area contributed by atoms with Crippen LogP contribution in [0.1, 0.15) is 59.3 Å². The lowest BCUT2D eigenvalue weighted by atomic mass is 9.82. The Morgan fingerprint density at radius 3 is 2.82 bits per heavy atom. The summed E-state index contributed by atoms with van der Waals surface area (Å²) in [6, 6.07) is 0. The molecule has 0 saturated heterocycles. The van der Waals surface area contributed by atoms with Gasteiger partial charge in [0.1, 0.15) is 5.54 Å². The second kappa shape index (κ2) is 10.3. The third kappa shape index (κ3) is 5.51. The molecule has 1 fully saturated rings. The van der Waals surface area contributed by atoms with E-state index in [1.807, 2.05) is 13.0 Å². The summed E-state index contributed by atoms with van der Waals surface area (Å²) in [6.07, 6.45) is 6.49. The Bertz CT molecular complexity index is 751. The molecule has 0 aromatic carbocycles. The van der Waals surface area contributed by atoms with E-state index in [4.69, 9.17) is 4.99 Å². The molecule has 0 radical (unpaired) electrons. The summed E-state index contributed by atoms with van der Waals surface area (Å²) in [5.74, 6) is 12.1. The van der Waals surface area contributed by atoms with Crippen LogP contribution in [0.5, 0.6) is 0 Å². The van der Waals surface area contributed by atoms with Crippen molar-refractivity contribution in [3.63, 3.8) is 0 Å². The molecular formula is C23H31NO3S. The third-order valence-electron chi connectivity index (χ3n) is 5.77. The Balaban J connectivity index is 2.11. The van der Waals surface area contributed by atoms with Crippen LogP contribution in [0.3, 0.4) is 0 Å². The Morgan fingerprint density at radius 1 is 1.43 bits per heavy atom. The summed E-state index contributed by atoms with van der Waals surface area (Å²) in [6.45, 7) is 5.56. The first-order valence-electron chi connectivity index (χ1n) is 10.00. The lowest BCUT2D eigenvalue weighted by Crippen LogP contribution is -2.27. The first-order chi connectivity index (χ1) is 13.3. The number of nitrogens with zero attached hydrogens (tertiary/aromatic N) is 1. The molecule has 0 spiro atoms. The number of carbonyl (C=O) groups is 1. The predicted molar refractivity (Wildman–Crippen MR) is 116 cm³/mol. The molecule has 4 nitrogen and oxygen atoms in total. The molecule has 2 N–H and O–H groups in total. The van der Waals surface area contributed by atoms with Crippen LogP contribution in [-0.4, -0.2) is 38.8 Å². The number of aliphatic hydroxyl groups is 2. The molecule has 28 heavy (non-hydrogen) atoms. The molecular weight excluding hydrogens is 370 g/mol. The first-order valence-corrected chi connectivity index (χ1v) is 10.4. The third-order valence-corrected chi connectivity index (χ3v) is 5.99. The van der Waals surface area contributed by atoms with E-state index in [1.165, 1.54) is 0 Å². The number of fused-ring (bicyclic) bond motifs is 1. The summed E-state index contributed by atoms with van der Waals surface area (Å²) in [7, 11) is 0. The highest BCUT2D eigenvalue weighted by Crippen LogP contribution is 2.50. The van der Waals surface area contributed by atoms with Crippen LogP contribution in [0.25, 0.3) is 0 Å². The molecule has 1 aliphatic carbocycles. The number of aliphatic hydroxyl groups excluding tert-OH is 2. The van der Waals surface area contributed by atoms with E-state index in [0.717, 1.165) is 25.0 Å². The Hall–Kier alpha value is -1.53. The first kappa shape index (κ1) is 22.8. The van der Waals surface area contributed by atoms with Gasteiger partial charge in [0.25, 0.3) is 0 Å². The Labute approximate surface area is 174 Å². The molecule has 1 heterocycles. The molecule has 1 aliphatic heterocycles. The smallest absolute Gasteiger partial charge is 0.185 e. The topological polar surface area (TPSA) is 69.9 Å². The predicted octanol–water partition coefficient (Wildman–Crippen LogP) is 3.18. The van der Waals surface area contributed by atoms with Crippen LogP contribution in [-0.2, 0) is 4.79 Å². The molecule has 5 heteroatoms. The molecule has 6 unspecified atom stereocenters. The van der Waals surface area contributed by atoms with Gasteiger partial charge in [-0.2, -0.15) is 0 Å². The van der Waals surface area contributed by atoms with Crippen LogP contribution in [0.15, 0.2) is 17.1 Å². The number of hydrogen-bond acceptors (Lipinski definition) is 4. The van der Waals surface area contributed by atoms with Gasteiger partial charge in [0.2, 0.25) is 0 Å². The average Bonchev–Trinajstić information content (AvgIpc) is 3.08. The molecule has 2 aliphatic rings. The van der Waals surface area contributed by atoms with E-state index in [2.05, 4.69) is 36.3 Å². The van der Waals surface area contributed by atoms with Gasteiger partial charge >= 0.3 is 0 Å². The van der Waals surface area contributed by atoms with E-state index in [1.54, 1.807) is 19.9 Å². The monoisotopic (exact) mass is 401 g/mol. The van der Waals surface area contributed by atoms with Crippen molar-refractivity contribution >= 4 is 23.5 Å². The van der Waals surface area contributed by atoms with Gasteiger partial charge in [-0.15, -0.1) is 30.4 Å². The van der Waals surface area contributed by atoms with Crippen LogP contribution >= 0.6 is 12.6 Å². The summed E-state index contributed by atoms with van der Waals surface area (Å²) >= 11 is 3.82. The largest absolute Gasteiger partial charge is 0.392 e. The minimum absolute atomic E-state index is 0.0385. The van der Waals surface area contributed by atoms with E-state index >= 15 is 0 Å². The van der Waals surface area contributed by atoms with Crippen LogP contribution < -0.4 is 0 Å². The van der Waals surface area contributed by atoms with E-state index < -0.39 is 17.7 Å². The van der Waals surface area contributed by atoms with E-state index in [9.17, 15) is 15.0 Å². The van der Waals surface area contributed by atoms with Crippen molar-refractivity contribution in [2.75, 3.05) is 0 Å². The maximum atomic E-state index is 11.1. The molecule has 1 saturated carbocycles. The van der Waals surface area contributed by atoms with Crippen molar-refractivity contribution in [3.05, 3.63) is 12.2 Å². The fourth-order valence-electron chi connectivity index (χ4n) is 4.28.